The van der Waals surface area contributed by atoms with Crippen LogP contribution in [-0.4, -0.2) is 28.9 Å². The second kappa shape index (κ2) is 3.77. The molecule has 3 rings (SSSR count). The van der Waals surface area contributed by atoms with Gasteiger partial charge in [0.2, 0.25) is 11.8 Å². The van der Waals surface area contributed by atoms with Gasteiger partial charge in [0.15, 0.2) is 0 Å². The molecule has 0 aromatic heterocycles. The molecule has 0 spiro atoms. The van der Waals surface area contributed by atoms with Gasteiger partial charge < -0.3 is 4.74 Å². The van der Waals surface area contributed by atoms with Gasteiger partial charge in [0.25, 0.3) is 0 Å². The second-order valence-electron chi connectivity index (χ2n) is 4.14. The topological polar surface area (TPSA) is 46.6 Å². The van der Waals surface area contributed by atoms with Crippen molar-refractivity contribution in [2.45, 2.75) is 12.2 Å². The number of rotatable bonds is 0. The van der Waals surface area contributed by atoms with E-state index in [-0.39, 0.29) is 24.0 Å². The summed E-state index contributed by atoms with van der Waals surface area (Å²) in [6, 6.07) is 2.45. The number of fused-ring (bicyclic) bond motifs is 5. The first-order valence-corrected chi connectivity index (χ1v) is 5.42. The quantitative estimate of drug-likeness (QED) is 0.325. The number of hydrogen-bond acceptors (Lipinski definition) is 3. The fourth-order valence-electron chi connectivity index (χ4n) is 2.56. The number of carbonyl (C=O) groups excluding carboxylic acids is 2. The number of imide groups is 1. The summed E-state index contributed by atoms with van der Waals surface area (Å²) in [5, 5.41) is 0. The third-order valence-electron chi connectivity index (χ3n) is 3.28. The average molecular weight is 237 g/mol. The van der Waals surface area contributed by atoms with Gasteiger partial charge in [-0.2, -0.15) is 0 Å². The molecule has 2 amide bonds. The molecule has 0 N–H and O–H groups in total. The molecule has 18 heavy (non-hydrogen) atoms. The van der Waals surface area contributed by atoms with Crippen molar-refractivity contribution in [3.05, 3.63) is 12.2 Å². The maximum atomic E-state index is 12.1. The molecule has 0 saturated carbocycles. The highest BCUT2D eigenvalue weighted by Gasteiger charge is 2.60. The molecule has 4 nitrogen and oxygen atoms in total. The molecule has 4 unspecified atom stereocenters. The Bertz CT molecular complexity index is 602. The molecule has 0 aromatic rings. The number of terminal acetylenes is 1. The zero-order valence-electron chi connectivity index (χ0n) is 9.21. The van der Waals surface area contributed by atoms with E-state index in [1.54, 1.807) is 0 Å². The van der Waals surface area contributed by atoms with E-state index in [1.165, 1.54) is 0 Å². The zero-order chi connectivity index (χ0) is 12.7. The van der Waals surface area contributed by atoms with Crippen LogP contribution in [0, 0.1) is 48.0 Å². The maximum Gasteiger partial charge on any atom is 0.248 e. The Hall–Kier alpha value is -2.48. The van der Waals surface area contributed by atoms with Crippen molar-refractivity contribution in [1.82, 2.24) is 4.90 Å². The van der Waals surface area contributed by atoms with Gasteiger partial charge in [0.05, 0.1) is 24.0 Å². The Morgan fingerprint density at radius 3 is 2.22 bits per heavy atom. The Morgan fingerprint density at radius 2 is 1.67 bits per heavy atom. The molecule has 2 fully saturated rings. The van der Waals surface area contributed by atoms with Crippen LogP contribution in [0.25, 0.3) is 0 Å². The molecule has 2 bridgehead atoms. The monoisotopic (exact) mass is 237 g/mol. The van der Waals surface area contributed by atoms with Crippen molar-refractivity contribution < 1.29 is 14.3 Å². The first kappa shape index (κ1) is 10.7. The third kappa shape index (κ3) is 1.29. The fourth-order valence-corrected chi connectivity index (χ4v) is 2.56. The molecular weight excluding hydrogens is 230 g/mol. The van der Waals surface area contributed by atoms with Gasteiger partial charge in [-0.15, -0.1) is 6.42 Å². The molecule has 0 radical (unpaired) electrons. The van der Waals surface area contributed by atoms with E-state index >= 15 is 0 Å². The molecule has 0 aromatic carbocycles. The number of carbonyl (C=O) groups is 2. The SMILES string of the molecule is C#CC#CC#CN1C(=O)C2C3C=CC(O3)C2C1=O. The number of likely N-dealkylation sites (tertiary alicyclic amines) is 1. The van der Waals surface area contributed by atoms with E-state index in [4.69, 9.17) is 11.2 Å². The Labute approximate surface area is 104 Å². The normalized spacial score (nSPS) is 34.5. The van der Waals surface area contributed by atoms with Crippen LogP contribution in [0.5, 0.6) is 0 Å². The lowest BCUT2D eigenvalue weighted by Crippen LogP contribution is -2.30. The number of amides is 2. The smallest absolute Gasteiger partial charge is 0.248 e. The molecular formula is C14H7NO3. The number of ether oxygens (including phenoxy) is 1. The van der Waals surface area contributed by atoms with Gasteiger partial charge in [-0.1, -0.05) is 12.2 Å². The molecule has 0 aliphatic carbocycles. The van der Waals surface area contributed by atoms with E-state index in [9.17, 15) is 9.59 Å². The van der Waals surface area contributed by atoms with E-state index in [0.29, 0.717) is 0 Å². The van der Waals surface area contributed by atoms with Crippen LogP contribution < -0.4 is 0 Å². The Morgan fingerprint density at radius 1 is 1.06 bits per heavy atom. The Kier molecular flexibility index (Phi) is 2.23. The summed E-state index contributed by atoms with van der Waals surface area (Å²) < 4.78 is 5.49. The fraction of sp³-hybridized carbons (Fsp3) is 0.286. The van der Waals surface area contributed by atoms with Gasteiger partial charge in [-0.05, 0) is 11.8 Å². The summed E-state index contributed by atoms with van der Waals surface area (Å²) in [6.07, 6.45) is 8.00. The van der Waals surface area contributed by atoms with Crippen molar-refractivity contribution in [2.75, 3.05) is 0 Å². The van der Waals surface area contributed by atoms with Gasteiger partial charge in [0, 0.05) is 17.9 Å². The van der Waals surface area contributed by atoms with E-state index < -0.39 is 11.8 Å². The average Bonchev–Trinajstić information content (AvgIpc) is 3.02. The van der Waals surface area contributed by atoms with Crippen molar-refractivity contribution in [3.8, 4) is 36.1 Å². The lowest BCUT2D eigenvalue weighted by molar-refractivity contribution is -0.138. The minimum Gasteiger partial charge on any atom is -0.365 e. The van der Waals surface area contributed by atoms with Crippen molar-refractivity contribution >= 4 is 11.8 Å². The molecule has 3 heterocycles. The van der Waals surface area contributed by atoms with Crippen LogP contribution in [0.2, 0.25) is 0 Å². The molecule has 4 heteroatoms. The van der Waals surface area contributed by atoms with Gasteiger partial charge in [-0.3, -0.25) is 9.59 Å². The number of hydrogen-bond donors (Lipinski definition) is 0. The summed E-state index contributed by atoms with van der Waals surface area (Å²) in [7, 11) is 0. The minimum absolute atomic E-state index is 0.292. The van der Waals surface area contributed by atoms with Gasteiger partial charge in [-0.25, -0.2) is 4.90 Å². The van der Waals surface area contributed by atoms with E-state index in [0.717, 1.165) is 4.90 Å². The highest BCUT2D eigenvalue weighted by atomic mass is 16.5. The van der Waals surface area contributed by atoms with Crippen LogP contribution in [0.1, 0.15) is 0 Å². The van der Waals surface area contributed by atoms with Crippen molar-refractivity contribution in [2.24, 2.45) is 11.8 Å². The zero-order valence-corrected chi connectivity index (χ0v) is 9.21. The summed E-state index contributed by atoms with van der Waals surface area (Å²) >= 11 is 0. The van der Waals surface area contributed by atoms with Crippen molar-refractivity contribution in [3.63, 3.8) is 0 Å². The van der Waals surface area contributed by atoms with Crippen LogP contribution in [0.4, 0.5) is 0 Å². The first-order chi connectivity index (χ1) is 8.74. The van der Waals surface area contributed by atoms with E-state index in [1.807, 2.05) is 12.2 Å². The van der Waals surface area contributed by atoms with Crippen LogP contribution in [0.3, 0.4) is 0 Å². The molecule has 4 atom stereocenters. The molecule has 2 saturated heterocycles. The van der Waals surface area contributed by atoms with Gasteiger partial charge in [0.1, 0.15) is 0 Å². The lowest BCUT2D eigenvalue weighted by Gasteiger charge is -2.09. The van der Waals surface area contributed by atoms with Gasteiger partial charge >= 0.3 is 0 Å². The summed E-state index contributed by atoms with van der Waals surface area (Å²) in [5.74, 6) is 7.69. The predicted octanol–water partition coefficient (Wildman–Crippen LogP) is -0.478. The second-order valence-corrected chi connectivity index (χ2v) is 4.14. The van der Waals surface area contributed by atoms with Crippen LogP contribution in [-0.2, 0) is 14.3 Å². The largest absolute Gasteiger partial charge is 0.365 e. The highest BCUT2D eigenvalue weighted by molar-refractivity contribution is 6.08. The first-order valence-electron chi connectivity index (χ1n) is 5.42. The standard InChI is InChI=1S/C14H7NO3/c1-2-3-4-5-8-15-13(16)11-9-6-7-10(18-9)12(11)14(15)17/h1,6-7,9-12H. The summed E-state index contributed by atoms with van der Waals surface area (Å²) in [6.45, 7) is 0. The predicted molar refractivity (Wildman–Crippen MR) is 61.0 cm³/mol. The maximum absolute atomic E-state index is 12.1. The lowest BCUT2D eigenvalue weighted by atomic mass is 9.85. The number of nitrogens with zero attached hydrogens (tertiary/aromatic N) is 1. The third-order valence-corrected chi connectivity index (χ3v) is 3.28. The summed E-state index contributed by atoms with van der Waals surface area (Å²) in [5.41, 5.74) is 0. The van der Waals surface area contributed by atoms with Crippen LogP contribution in [0.15, 0.2) is 12.2 Å². The minimum atomic E-state index is -0.428. The summed E-state index contributed by atoms with van der Waals surface area (Å²) in [4.78, 5) is 25.0. The van der Waals surface area contributed by atoms with E-state index in [2.05, 4.69) is 29.7 Å². The molecule has 3 aliphatic rings. The molecule has 3 aliphatic heterocycles. The highest BCUT2D eigenvalue weighted by Crippen LogP contribution is 2.44. The van der Waals surface area contributed by atoms with Crippen molar-refractivity contribution in [1.29, 1.82) is 0 Å². The van der Waals surface area contributed by atoms with Crippen LogP contribution >= 0.6 is 0 Å². The Balaban J connectivity index is 1.88. The molecule has 86 valence electrons.